The Labute approximate surface area is 200 Å². The molecule has 1 amide bonds. The van der Waals surface area contributed by atoms with Crippen LogP contribution in [0.15, 0.2) is 21.9 Å². The lowest BCUT2D eigenvalue weighted by Crippen LogP contribution is -2.47. The topological polar surface area (TPSA) is 154 Å². The van der Waals surface area contributed by atoms with E-state index in [4.69, 9.17) is 4.74 Å². The van der Waals surface area contributed by atoms with E-state index in [9.17, 15) is 29.7 Å². The molecule has 34 heavy (non-hydrogen) atoms. The van der Waals surface area contributed by atoms with Gasteiger partial charge in [0.05, 0.1) is 0 Å². The van der Waals surface area contributed by atoms with Crippen molar-refractivity contribution in [3.8, 4) is 0 Å². The number of aromatic amines is 1. The van der Waals surface area contributed by atoms with Crippen molar-refractivity contribution < 1.29 is 24.9 Å². The normalized spacial score (nSPS) is 23.2. The summed E-state index contributed by atoms with van der Waals surface area (Å²) in [6.45, 7) is 2.62. The fourth-order valence-corrected chi connectivity index (χ4v) is 4.24. The number of carbonyl (C=O) groups excluding carboxylic acids is 1. The van der Waals surface area contributed by atoms with Gasteiger partial charge in [-0.2, -0.15) is 0 Å². The monoisotopic (exact) mass is 483 g/mol. The number of unbranched alkanes of at least 4 members (excludes halogenated alkanes) is 11. The molecule has 1 fully saturated rings. The molecular formula is C24H41N3O7. The average Bonchev–Trinajstić information content (AvgIpc) is 3.10. The molecule has 0 aromatic carbocycles. The average molecular weight is 484 g/mol. The number of ether oxygens (including phenoxy) is 1. The van der Waals surface area contributed by atoms with Gasteiger partial charge in [-0.25, -0.2) is 4.79 Å². The molecular weight excluding hydrogens is 442 g/mol. The quantitative estimate of drug-likeness (QED) is 0.222. The number of aromatic nitrogens is 2. The van der Waals surface area contributed by atoms with Gasteiger partial charge in [-0.3, -0.25) is 19.1 Å². The minimum atomic E-state index is -1.72. The Hall–Kier alpha value is -2.01. The molecule has 0 bridgehead atoms. The van der Waals surface area contributed by atoms with E-state index >= 15 is 0 Å². The van der Waals surface area contributed by atoms with Crippen molar-refractivity contribution >= 4 is 5.91 Å². The van der Waals surface area contributed by atoms with E-state index in [-0.39, 0.29) is 0 Å². The van der Waals surface area contributed by atoms with Gasteiger partial charge in [-0.1, -0.05) is 77.6 Å². The number of amides is 1. The number of nitrogens with zero attached hydrogens (tertiary/aromatic N) is 1. The van der Waals surface area contributed by atoms with Crippen LogP contribution in [0.1, 0.15) is 90.2 Å². The summed E-state index contributed by atoms with van der Waals surface area (Å²) in [6, 6.07) is 1.06. The maximum absolute atomic E-state index is 12.3. The fourth-order valence-electron chi connectivity index (χ4n) is 4.24. The number of carbonyl (C=O) groups is 1. The predicted octanol–water partition coefficient (Wildman–Crippen LogP) is 1.33. The Morgan fingerprint density at radius 3 is 2.12 bits per heavy atom. The molecule has 1 aromatic rings. The van der Waals surface area contributed by atoms with E-state index in [1.54, 1.807) is 0 Å². The highest BCUT2D eigenvalue weighted by molar-refractivity contribution is 5.81. The van der Waals surface area contributed by atoms with Crippen LogP contribution in [0.3, 0.4) is 0 Å². The second-order valence-electron chi connectivity index (χ2n) is 9.11. The standard InChI is InChI=1S/C24H41N3O7/c1-2-3-4-5-6-7-8-9-10-11-12-13-15-25-22(32)20(31)21-18(29)19(30)23(34-21)27-16-14-17(28)26-24(27)33/h14,16,18-21,23,29-31H,2-13,15H2,1H3,(H,25,32)(H,26,28,33)/t18-,19-,20-,21+,23-/m1/s1. The van der Waals surface area contributed by atoms with E-state index in [2.05, 4.69) is 12.2 Å². The van der Waals surface area contributed by atoms with Crippen molar-refractivity contribution in [2.45, 2.75) is 115 Å². The molecule has 10 nitrogen and oxygen atoms in total. The second kappa shape index (κ2) is 15.1. The molecule has 1 aliphatic rings. The largest absolute Gasteiger partial charge is 0.387 e. The molecule has 1 aliphatic heterocycles. The van der Waals surface area contributed by atoms with Crippen molar-refractivity contribution in [3.63, 3.8) is 0 Å². The molecule has 0 saturated carbocycles. The molecule has 1 saturated heterocycles. The zero-order valence-electron chi connectivity index (χ0n) is 20.2. The van der Waals surface area contributed by atoms with Crippen molar-refractivity contribution in [2.24, 2.45) is 0 Å². The maximum Gasteiger partial charge on any atom is 0.330 e. The summed E-state index contributed by atoms with van der Waals surface area (Å²) in [7, 11) is 0. The maximum atomic E-state index is 12.3. The molecule has 2 rings (SSSR count). The van der Waals surface area contributed by atoms with Crippen LogP contribution in [-0.4, -0.2) is 61.7 Å². The van der Waals surface area contributed by atoms with Crippen LogP contribution in [-0.2, 0) is 9.53 Å². The third kappa shape index (κ3) is 8.65. The van der Waals surface area contributed by atoms with Gasteiger partial charge in [0.15, 0.2) is 12.3 Å². The number of rotatable bonds is 16. The van der Waals surface area contributed by atoms with E-state index in [1.165, 1.54) is 57.8 Å². The van der Waals surface area contributed by atoms with Gasteiger partial charge in [0.25, 0.3) is 11.5 Å². The highest BCUT2D eigenvalue weighted by Gasteiger charge is 2.48. The summed E-state index contributed by atoms with van der Waals surface area (Å²) in [5.41, 5.74) is -1.46. The highest BCUT2D eigenvalue weighted by Crippen LogP contribution is 2.30. The Morgan fingerprint density at radius 1 is 1.00 bits per heavy atom. The number of aliphatic hydroxyl groups excluding tert-OH is 3. The number of nitrogens with one attached hydrogen (secondary N) is 2. The van der Waals surface area contributed by atoms with E-state index in [0.29, 0.717) is 6.54 Å². The molecule has 5 atom stereocenters. The van der Waals surface area contributed by atoms with Gasteiger partial charge in [0.2, 0.25) is 0 Å². The first-order chi connectivity index (χ1) is 16.4. The number of hydrogen-bond donors (Lipinski definition) is 5. The van der Waals surface area contributed by atoms with Crippen LogP contribution in [0, 0.1) is 0 Å². The molecule has 5 N–H and O–H groups in total. The zero-order valence-corrected chi connectivity index (χ0v) is 20.2. The molecule has 194 valence electrons. The summed E-state index contributed by atoms with van der Waals surface area (Å²) < 4.78 is 6.32. The highest BCUT2D eigenvalue weighted by atomic mass is 16.6. The second-order valence-corrected chi connectivity index (χ2v) is 9.11. The Balaban J connectivity index is 1.62. The SMILES string of the molecule is CCCCCCCCCCCCCCNC(=O)[C@H](O)[C@H]1O[C@@H](n2ccc(=O)[nH]c2=O)[C@H](O)[C@H]1O. The Morgan fingerprint density at radius 2 is 1.56 bits per heavy atom. The number of hydrogen-bond acceptors (Lipinski definition) is 7. The minimum Gasteiger partial charge on any atom is -0.387 e. The van der Waals surface area contributed by atoms with Crippen molar-refractivity contribution in [3.05, 3.63) is 33.1 Å². The fraction of sp³-hybridized carbons (Fsp3) is 0.792. The summed E-state index contributed by atoms with van der Waals surface area (Å²) >= 11 is 0. The summed E-state index contributed by atoms with van der Waals surface area (Å²) in [6.07, 6.45) is 7.96. The van der Waals surface area contributed by atoms with Crippen molar-refractivity contribution in [1.29, 1.82) is 0 Å². The summed E-state index contributed by atoms with van der Waals surface area (Å²) in [5, 5.41) is 33.4. The molecule has 0 radical (unpaired) electrons. The van der Waals surface area contributed by atoms with E-state index in [1.807, 2.05) is 4.98 Å². The summed E-state index contributed by atoms with van der Waals surface area (Å²) in [5.74, 6) is -0.714. The number of aliphatic hydroxyl groups is 3. The number of H-pyrrole nitrogens is 1. The van der Waals surface area contributed by atoms with Crippen molar-refractivity contribution in [2.75, 3.05) is 6.54 Å². The Bertz CT molecular complexity index is 840. The first-order valence-corrected chi connectivity index (χ1v) is 12.7. The molecule has 0 unspecified atom stereocenters. The zero-order chi connectivity index (χ0) is 24.9. The molecule has 1 aromatic heterocycles. The van der Waals surface area contributed by atoms with Gasteiger partial charge in [0, 0.05) is 18.8 Å². The van der Waals surface area contributed by atoms with Crippen LogP contribution in [0.4, 0.5) is 0 Å². The first-order valence-electron chi connectivity index (χ1n) is 12.7. The minimum absolute atomic E-state index is 0.390. The molecule has 10 heteroatoms. The molecule has 0 aliphatic carbocycles. The van der Waals surface area contributed by atoms with Crippen molar-refractivity contribution in [1.82, 2.24) is 14.9 Å². The van der Waals surface area contributed by atoms with E-state index in [0.717, 1.165) is 36.1 Å². The van der Waals surface area contributed by atoms with Gasteiger partial charge in [0.1, 0.15) is 18.3 Å². The van der Waals surface area contributed by atoms with Gasteiger partial charge >= 0.3 is 5.69 Å². The summed E-state index contributed by atoms with van der Waals surface area (Å²) in [4.78, 5) is 37.5. The van der Waals surface area contributed by atoms with E-state index < -0.39 is 47.8 Å². The lowest BCUT2D eigenvalue weighted by molar-refractivity contribution is -0.143. The predicted molar refractivity (Wildman–Crippen MR) is 127 cm³/mol. The van der Waals surface area contributed by atoms with Crippen LogP contribution in [0.25, 0.3) is 0 Å². The smallest absolute Gasteiger partial charge is 0.330 e. The third-order valence-electron chi connectivity index (χ3n) is 6.31. The lowest BCUT2D eigenvalue weighted by atomic mass is 10.0. The molecule has 0 spiro atoms. The van der Waals surface area contributed by atoms with Gasteiger partial charge in [-0.15, -0.1) is 0 Å². The van der Waals surface area contributed by atoms with Crippen LogP contribution in [0.2, 0.25) is 0 Å². The first kappa shape index (κ1) is 28.2. The van der Waals surface area contributed by atoms with Crippen LogP contribution in [0.5, 0.6) is 0 Å². The van der Waals surface area contributed by atoms with Crippen LogP contribution >= 0.6 is 0 Å². The van der Waals surface area contributed by atoms with Gasteiger partial charge < -0.3 is 25.4 Å². The lowest BCUT2D eigenvalue weighted by Gasteiger charge is -2.20. The third-order valence-corrected chi connectivity index (χ3v) is 6.31. The van der Waals surface area contributed by atoms with Gasteiger partial charge in [-0.05, 0) is 6.42 Å². The Kier molecular flexibility index (Phi) is 12.5. The molecule has 2 heterocycles. The van der Waals surface area contributed by atoms with Crippen LogP contribution < -0.4 is 16.6 Å².